The van der Waals surface area contributed by atoms with Crippen LogP contribution in [0.15, 0.2) is 54.7 Å². The Hall–Kier alpha value is -4.73. The second-order valence-electron chi connectivity index (χ2n) is 6.64. The number of nitrogens with one attached hydrogen (secondary N) is 1. The van der Waals surface area contributed by atoms with Gasteiger partial charge in [-0.2, -0.15) is 18.4 Å². The predicted molar refractivity (Wildman–Crippen MR) is 110 cm³/mol. The van der Waals surface area contributed by atoms with Crippen LogP contribution in [0.1, 0.15) is 18.2 Å². The molecule has 0 saturated heterocycles. The van der Waals surface area contributed by atoms with Gasteiger partial charge in [-0.05, 0) is 43.3 Å². The normalized spacial score (nSPS) is 11.7. The highest BCUT2D eigenvalue weighted by atomic mass is 19.4. The molecule has 1 unspecified atom stereocenters. The first-order chi connectivity index (χ1) is 16.1. The van der Waals surface area contributed by atoms with Crippen molar-refractivity contribution in [3.05, 3.63) is 76.1 Å². The van der Waals surface area contributed by atoms with Crippen molar-refractivity contribution in [1.82, 2.24) is 9.97 Å². The number of carbonyl (C=O) groups is 1. The topological polar surface area (TPSA) is 140 Å². The van der Waals surface area contributed by atoms with Gasteiger partial charge in [0.2, 0.25) is 11.6 Å². The van der Waals surface area contributed by atoms with Crippen LogP contribution in [0.2, 0.25) is 0 Å². The lowest BCUT2D eigenvalue weighted by molar-refractivity contribution is -0.385. The molecule has 34 heavy (non-hydrogen) atoms. The van der Waals surface area contributed by atoms with E-state index in [9.17, 15) is 28.1 Å². The van der Waals surface area contributed by atoms with Crippen molar-refractivity contribution < 1.29 is 32.4 Å². The zero-order valence-corrected chi connectivity index (χ0v) is 17.2. The fraction of sp³-hybridized carbons (Fsp3) is 0.143. The van der Waals surface area contributed by atoms with E-state index in [2.05, 4.69) is 15.3 Å². The van der Waals surface area contributed by atoms with E-state index < -0.39 is 40.1 Å². The number of ether oxygens (including phenoxy) is 2. The molecule has 2 heterocycles. The average Bonchev–Trinajstić information content (AvgIpc) is 2.79. The Kier molecular flexibility index (Phi) is 6.91. The summed E-state index contributed by atoms with van der Waals surface area (Å²) in [5, 5.41) is 22.2. The smallest absolute Gasteiger partial charge is 0.417 e. The molecule has 13 heteroatoms. The Bertz CT molecular complexity index is 1240. The fourth-order valence-electron chi connectivity index (χ4n) is 2.55. The van der Waals surface area contributed by atoms with Gasteiger partial charge in [-0.3, -0.25) is 14.9 Å². The zero-order chi connectivity index (χ0) is 24.9. The summed E-state index contributed by atoms with van der Waals surface area (Å²) in [6, 6.07) is 11.6. The molecular weight excluding hydrogens is 459 g/mol. The van der Waals surface area contributed by atoms with E-state index in [0.717, 1.165) is 18.2 Å². The minimum atomic E-state index is -4.50. The van der Waals surface area contributed by atoms with Gasteiger partial charge in [-0.25, -0.2) is 9.97 Å². The Labute approximate surface area is 189 Å². The number of hydrogen-bond acceptors (Lipinski definition) is 8. The fourth-order valence-corrected chi connectivity index (χ4v) is 2.55. The van der Waals surface area contributed by atoms with Gasteiger partial charge in [0.1, 0.15) is 23.4 Å². The third kappa shape index (κ3) is 5.94. The van der Waals surface area contributed by atoms with Crippen LogP contribution >= 0.6 is 0 Å². The minimum Gasteiger partial charge on any atom is -0.481 e. The first-order valence-electron chi connectivity index (χ1n) is 9.41. The third-order valence-corrected chi connectivity index (χ3v) is 4.22. The highest BCUT2D eigenvalue weighted by molar-refractivity contribution is 5.93. The molecule has 10 nitrogen and oxygen atoms in total. The van der Waals surface area contributed by atoms with E-state index in [0.29, 0.717) is 6.20 Å². The van der Waals surface area contributed by atoms with E-state index in [1.165, 1.54) is 37.3 Å². The van der Waals surface area contributed by atoms with Crippen LogP contribution in [0.4, 0.5) is 24.7 Å². The first kappa shape index (κ1) is 23.9. The number of benzene rings is 1. The molecule has 3 aromatic rings. The van der Waals surface area contributed by atoms with Crippen molar-refractivity contribution in [2.24, 2.45) is 0 Å². The van der Waals surface area contributed by atoms with Gasteiger partial charge >= 0.3 is 11.9 Å². The lowest BCUT2D eigenvalue weighted by Crippen LogP contribution is -2.30. The molecule has 1 aromatic carbocycles. The summed E-state index contributed by atoms with van der Waals surface area (Å²) in [4.78, 5) is 29.8. The number of aromatic nitrogens is 2. The molecule has 1 atom stereocenters. The van der Waals surface area contributed by atoms with E-state index in [1.807, 2.05) is 0 Å². The zero-order valence-electron chi connectivity index (χ0n) is 17.2. The lowest BCUT2D eigenvalue weighted by Gasteiger charge is -2.15. The van der Waals surface area contributed by atoms with Gasteiger partial charge in [0.15, 0.2) is 6.10 Å². The maximum atomic E-state index is 12.6. The molecule has 0 aliphatic carbocycles. The van der Waals surface area contributed by atoms with Crippen molar-refractivity contribution in [2.75, 3.05) is 5.32 Å². The quantitative estimate of drug-likeness (QED) is 0.391. The monoisotopic (exact) mass is 473 g/mol. The van der Waals surface area contributed by atoms with Gasteiger partial charge in [0.25, 0.3) is 5.91 Å². The molecule has 0 spiro atoms. The summed E-state index contributed by atoms with van der Waals surface area (Å²) in [5.74, 6) is -0.169. The van der Waals surface area contributed by atoms with Gasteiger partial charge in [-0.15, -0.1) is 0 Å². The van der Waals surface area contributed by atoms with E-state index in [1.54, 1.807) is 6.07 Å². The number of anilines is 1. The maximum Gasteiger partial charge on any atom is 0.417 e. The molecule has 0 fully saturated rings. The second kappa shape index (κ2) is 9.82. The number of alkyl halides is 3. The SMILES string of the molecule is CC(Oc1ccc(Oc2ccc(C(F)(F)F)cn2)cc1)C(=O)Nc1ccc([N+](=O)[O-])c(C#N)n1. The Morgan fingerprint density at radius 2 is 1.82 bits per heavy atom. The molecule has 3 rings (SSSR count). The molecule has 174 valence electrons. The number of rotatable bonds is 7. The molecule has 1 amide bonds. The standard InChI is InChI=1S/C21H14F3N5O5/c1-12(20(30)28-18-8-7-17(29(31)32)16(10-25)27-18)33-14-3-5-15(6-4-14)34-19-9-2-13(11-26-19)21(22,23)24/h2-9,11-12H,1H3,(H,27,28,30). The summed E-state index contributed by atoms with van der Waals surface area (Å²) < 4.78 is 48.7. The second-order valence-corrected chi connectivity index (χ2v) is 6.64. The van der Waals surface area contributed by atoms with Crippen LogP contribution in [0.25, 0.3) is 0 Å². The Balaban J connectivity index is 1.59. The van der Waals surface area contributed by atoms with Crippen molar-refractivity contribution in [2.45, 2.75) is 19.2 Å². The number of nitriles is 1. The summed E-state index contributed by atoms with van der Waals surface area (Å²) in [6.45, 7) is 1.45. The van der Waals surface area contributed by atoms with Crippen LogP contribution in [0.3, 0.4) is 0 Å². The van der Waals surface area contributed by atoms with E-state index in [4.69, 9.17) is 14.7 Å². The van der Waals surface area contributed by atoms with E-state index in [-0.39, 0.29) is 23.2 Å². The molecule has 1 N–H and O–H groups in total. The van der Waals surface area contributed by atoms with Gasteiger partial charge in [0.05, 0.1) is 10.5 Å². The van der Waals surface area contributed by atoms with Gasteiger partial charge < -0.3 is 14.8 Å². The highest BCUT2D eigenvalue weighted by Gasteiger charge is 2.30. The predicted octanol–water partition coefficient (Wildman–Crippen LogP) is 4.47. The number of nitro groups is 1. The minimum absolute atomic E-state index is 0.0400. The van der Waals surface area contributed by atoms with Gasteiger partial charge in [0, 0.05) is 18.3 Å². The Morgan fingerprint density at radius 1 is 1.15 bits per heavy atom. The molecule has 0 aliphatic heterocycles. The first-order valence-corrected chi connectivity index (χ1v) is 9.41. The number of pyridine rings is 2. The van der Waals surface area contributed by atoms with E-state index >= 15 is 0 Å². The summed E-state index contributed by atoms with van der Waals surface area (Å²) in [6.07, 6.45) is -4.85. The van der Waals surface area contributed by atoms with Crippen LogP contribution in [0.5, 0.6) is 17.4 Å². The summed E-state index contributed by atoms with van der Waals surface area (Å²) >= 11 is 0. The van der Waals surface area contributed by atoms with Gasteiger partial charge in [-0.1, -0.05) is 0 Å². The maximum absolute atomic E-state index is 12.6. The van der Waals surface area contributed by atoms with Crippen molar-refractivity contribution in [3.63, 3.8) is 0 Å². The lowest BCUT2D eigenvalue weighted by atomic mass is 10.3. The molecule has 0 radical (unpaired) electrons. The summed E-state index contributed by atoms with van der Waals surface area (Å²) in [7, 11) is 0. The third-order valence-electron chi connectivity index (χ3n) is 4.22. The van der Waals surface area contributed by atoms with Crippen LogP contribution in [-0.4, -0.2) is 26.9 Å². The number of nitrogens with zero attached hydrogens (tertiary/aromatic N) is 4. The molecule has 0 saturated carbocycles. The summed E-state index contributed by atoms with van der Waals surface area (Å²) in [5.41, 5.74) is -1.84. The number of hydrogen-bond donors (Lipinski definition) is 1. The molecule has 2 aromatic heterocycles. The average molecular weight is 473 g/mol. The molecular formula is C21H14F3N5O5. The number of carbonyl (C=O) groups excluding carboxylic acids is 1. The highest BCUT2D eigenvalue weighted by Crippen LogP contribution is 2.30. The van der Waals surface area contributed by atoms with Crippen LogP contribution < -0.4 is 14.8 Å². The largest absolute Gasteiger partial charge is 0.481 e. The number of amides is 1. The molecule has 0 bridgehead atoms. The van der Waals surface area contributed by atoms with Crippen molar-refractivity contribution in [1.29, 1.82) is 5.26 Å². The van der Waals surface area contributed by atoms with Crippen molar-refractivity contribution >= 4 is 17.4 Å². The van der Waals surface area contributed by atoms with Crippen LogP contribution in [0, 0.1) is 21.4 Å². The Morgan fingerprint density at radius 3 is 2.38 bits per heavy atom. The molecule has 0 aliphatic rings. The number of halogens is 3. The van der Waals surface area contributed by atoms with Crippen LogP contribution in [-0.2, 0) is 11.0 Å². The van der Waals surface area contributed by atoms with Crippen molar-refractivity contribution in [3.8, 4) is 23.4 Å².